The van der Waals surface area contributed by atoms with Crippen LogP contribution in [0, 0.1) is 0 Å². The van der Waals surface area contributed by atoms with Crippen molar-refractivity contribution in [2.45, 2.75) is 19.4 Å². The van der Waals surface area contributed by atoms with Crippen LogP contribution in [-0.4, -0.2) is 30.1 Å². The lowest BCUT2D eigenvalue weighted by Crippen LogP contribution is -2.20. The maximum absolute atomic E-state index is 4.55. The number of aromatic nitrogens is 2. The topological polar surface area (TPSA) is 41.1 Å². The Morgan fingerprint density at radius 3 is 2.86 bits per heavy atom. The molecule has 1 fully saturated rings. The monoisotopic (exact) mass is 192 g/mol. The van der Waals surface area contributed by atoms with Gasteiger partial charge in [0.1, 0.15) is 5.82 Å². The summed E-state index contributed by atoms with van der Waals surface area (Å²) >= 11 is 0. The molecule has 4 nitrogen and oxygen atoms in total. The van der Waals surface area contributed by atoms with Gasteiger partial charge in [-0.3, -0.25) is 4.98 Å². The molecule has 0 aliphatic carbocycles. The van der Waals surface area contributed by atoms with Crippen LogP contribution in [0.1, 0.15) is 18.5 Å². The molecule has 1 aromatic heterocycles. The smallest absolute Gasteiger partial charge is 0.147 e. The second-order valence-corrected chi connectivity index (χ2v) is 3.59. The second-order valence-electron chi connectivity index (χ2n) is 3.59. The van der Waals surface area contributed by atoms with Gasteiger partial charge in [-0.1, -0.05) is 0 Å². The zero-order valence-electron chi connectivity index (χ0n) is 8.53. The molecule has 0 amide bonds. The Morgan fingerprint density at radius 1 is 1.36 bits per heavy atom. The molecule has 0 unspecified atom stereocenters. The second kappa shape index (κ2) is 4.37. The Hall–Kier alpha value is -1.16. The van der Waals surface area contributed by atoms with Crippen LogP contribution in [0.15, 0.2) is 12.4 Å². The average molecular weight is 192 g/mol. The van der Waals surface area contributed by atoms with Crippen molar-refractivity contribution < 1.29 is 0 Å². The molecular weight excluding hydrogens is 176 g/mol. The molecule has 4 heteroatoms. The number of anilines is 1. The third-order valence-corrected chi connectivity index (χ3v) is 2.46. The minimum Gasteiger partial charge on any atom is -0.355 e. The molecule has 1 N–H and O–H groups in total. The van der Waals surface area contributed by atoms with Crippen molar-refractivity contribution in [1.82, 2.24) is 15.3 Å². The highest BCUT2D eigenvalue weighted by Gasteiger charge is 2.13. The third kappa shape index (κ3) is 2.01. The predicted octanol–water partition coefficient (Wildman–Crippen LogP) is 0.796. The molecule has 0 atom stereocenters. The van der Waals surface area contributed by atoms with Crippen molar-refractivity contribution in [3.63, 3.8) is 0 Å². The third-order valence-electron chi connectivity index (χ3n) is 2.46. The zero-order chi connectivity index (χ0) is 9.80. The van der Waals surface area contributed by atoms with E-state index >= 15 is 0 Å². The van der Waals surface area contributed by atoms with E-state index in [0.29, 0.717) is 0 Å². The van der Waals surface area contributed by atoms with E-state index in [-0.39, 0.29) is 0 Å². The van der Waals surface area contributed by atoms with Gasteiger partial charge in [0.2, 0.25) is 0 Å². The summed E-state index contributed by atoms with van der Waals surface area (Å²) in [7, 11) is 1.92. The molecule has 1 saturated heterocycles. The summed E-state index contributed by atoms with van der Waals surface area (Å²) in [5, 5.41) is 3.08. The molecule has 0 spiro atoms. The lowest BCUT2D eigenvalue weighted by molar-refractivity contribution is 0.777. The number of nitrogens with one attached hydrogen (secondary N) is 1. The Morgan fingerprint density at radius 2 is 2.14 bits per heavy atom. The van der Waals surface area contributed by atoms with Crippen LogP contribution in [-0.2, 0) is 6.54 Å². The molecule has 14 heavy (non-hydrogen) atoms. The molecule has 1 aromatic rings. The van der Waals surface area contributed by atoms with Gasteiger partial charge >= 0.3 is 0 Å². The van der Waals surface area contributed by atoms with Gasteiger partial charge in [-0.05, 0) is 19.9 Å². The Bertz CT molecular complexity index is 294. The van der Waals surface area contributed by atoms with Gasteiger partial charge in [0.15, 0.2) is 0 Å². The summed E-state index contributed by atoms with van der Waals surface area (Å²) in [4.78, 5) is 11.0. The Kier molecular flexibility index (Phi) is 2.93. The minimum absolute atomic E-state index is 0.786. The molecular formula is C10H16N4. The number of nitrogens with zero attached hydrogens (tertiary/aromatic N) is 3. The maximum atomic E-state index is 4.55. The van der Waals surface area contributed by atoms with Crippen molar-refractivity contribution in [3.05, 3.63) is 18.1 Å². The molecule has 2 rings (SSSR count). The van der Waals surface area contributed by atoms with E-state index in [0.717, 1.165) is 31.1 Å². The van der Waals surface area contributed by atoms with Crippen LogP contribution < -0.4 is 10.2 Å². The SMILES string of the molecule is CNCc1cncc(N2CCCC2)n1. The van der Waals surface area contributed by atoms with Gasteiger partial charge in [0, 0.05) is 25.8 Å². The van der Waals surface area contributed by atoms with Crippen LogP contribution in [0.25, 0.3) is 0 Å². The first-order chi connectivity index (χ1) is 6.90. The van der Waals surface area contributed by atoms with E-state index in [1.165, 1.54) is 12.8 Å². The summed E-state index contributed by atoms with van der Waals surface area (Å²) < 4.78 is 0. The van der Waals surface area contributed by atoms with Crippen LogP contribution in [0.2, 0.25) is 0 Å². The summed E-state index contributed by atoms with van der Waals surface area (Å²) in [6, 6.07) is 0. The normalized spacial score (nSPS) is 16.2. The Balaban J connectivity index is 2.12. The summed E-state index contributed by atoms with van der Waals surface area (Å²) in [6.07, 6.45) is 6.22. The Labute approximate surface area is 84.4 Å². The fourth-order valence-electron chi connectivity index (χ4n) is 1.76. The van der Waals surface area contributed by atoms with Crippen LogP contribution in [0.4, 0.5) is 5.82 Å². The molecule has 76 valence electrons. The molecule has 1 aliphatic heterocycles. The van der Waals surface area contributed by atoms with Gasteiger partial charge in [0.25, 0.3) is 0 Å². The molecule has 2 heterocycles. The van der Waals surface area contributed by atoms with Crippen molar-refractivity contribution in [2.24, 2.45) is 0 Å². The van der Waals surface area contributed by atoms with Crippen molar-refractivity contribution in [1.29, 1.82) is 0 Å². The molecule has 0 radical (unpaired) electrons. The van der Waals surface area contributed by atoms with Crippen LogP contribution >= 0.6 is 0 Å². The van der Waals surface area contributed by atoms with Gasteiger partial charge < -0.3 is 10.2 Å². The van der Waals surface area contributed by atoms with Crippen molar-refractivity contribution in [3.8, 4) is 0 Å². The van der Waals surface area contributed by atoms with E-state index in [4.69, 9.17) is 0 Å². The fourth-order valence-corrected chi connectivity index (χ4v) is 1.76. The maximum Gasteiger partial charge on any atom is 0.147 e. The lowest BCUT2D eigenvalue weighted by atomic mass is 10.4. The number of hydrogen-bond donors (Lipinski definition) is 1. The minimum atomic E-state index is 0.786. The molecule has 1 aliphatic rings. The first-order valence-corrected chi connectivity index (χ1v) is 5.10. The molecule has 0 aromatic carbocycles. The first-order valence-electron chi connectivity index (χ1n) is 5.10. The fraction of sp³-hybridized carbons (Fsp3) is 0.600. The highest BCUT2D eigenvalue weighted by atomic mass is 15.2. The number of rotatable bonds is 3. The lowest BCUT2D eigenvalue weighted by Gasteiger charge is -2.16. The highest BCUT2D eigenvalue weighted by molar-refractivity contribution is 5.37. The standard InChI is InChI=1S/C10H16N4/c1-11-6-9-7-12-8-10(13-9)14-4-2-3-5-14/h7-8,11H,2-6H2,1H3. The molecule has 0 bridgehead atoms. The van der Waals surface area contributed by atoms with Gasteiger partial charge in [0.05, 0.1) is 11.9 Å². The molecule has 0 saturated carbocycles. The summed E-state index contributed by atoms with van der Waals surface area (Å²) in [5.74, 6) is 1.02. The van der Waals surface area contributed by atoms with Crippen LogP contribution in [0.3, 0.4) is 0 Å². The summed E-state index contributed by atoms with van der Waals surface area (Å²) in [5.41, 5.74) is 1.01. The predicted molar refractivity (Wildman–Crippen MR) is 56.2 cm³/mol. The van der Waals surface area contributed by atoms with Crippen molar-refractivity contribution in [2.75, 3.05) is 25.0 Å². The van der Waals surface area contributed by atoms with E-state index in [1.807, 2.05) is 19.4 Å². The first kappa shape index (κ1) is 9.40. The quantitative estimate of drug-likeness (QED) is 0.769. The van der Waals surface area contributed by atoms with Gasteiger partial charge in [-0.15, -0.1) is 0 Å². The summed E-state index contributed by atoms with van der Waals surface area (Å²) in [6.45, 7) is 3.03. The van der Waals surface area contributed by atoms with Gasteiger partial charge in [-0.2, -0.15) is 0 Å². The van der Waals surface area contributed by atoms with E-state index in [9.17, 15) is 0 Å². The van der Waals surface area contributed by atoms with E-state index < -0.39 is 0 Å². The van der Waals surface area contributed by atoms with Gasteiger partial charge in [-0.25, -0.2) is 4.98 Å². The average Bonchev–Trinajstić information content (AvgIpc) is 2.71. The van der Waals surface area contributed by atoms with Crippen molar-refractivity contribution >= 4 is 5.82 Å². The van der Waals surface area contributed by atoms with E-state index in [2.05, 4.69) is 20.2 Å². The largest absolute Gasteiger partial charge is 0.355 e. The van der Waals surface area contributed by atoms with Crippen LogP contribution in [0.5, 0.6) is 0 Å². The van der Waals surface area contributed by atoms with E-state index in [1.54, 1.807) is 0 Å². The number of hydrogen-bond acceptors (Lipinski definition) is 4. The highest BCUT2D eigenvalue weighted by Crippen LogP contribution is 2.16. The zero-order valence-corrected chi connectivity index (χ0v) is 8.53.